The first-order chi connectivity index (χ1) is 8.08. The van der Waals surface area contributed by atoms with Crippen molar-refractivity contribution in [2.45, 2.75) is 26.2 Å². The number of nitrogens with zero attached hydrogens (tertiary/aromatic N) is 1. The standard InChI is InChI=1S/C12H13N3O2/c1-5-2-3-7-6(4-5)8-9(12(17)14-7)10(13)15-11(8)16/h5H,2-4H2,1H3,(H,14,17)(H2,13,15,16)/t5-/m0/s1. The SMILES string of the molecule is C[C@H]1CCc2[nH]c(=O)c3c(c2C1)C(=O)N=C3N. The average molecular weight is 231 g/mol. The van der Waals surface area contributed by atoms with Gasteiger partial charge in [0.15, 0.2) is 0 Å². The number of amidine groups is 1. The number of amides is 1. The molecule has 1 aliphatic heterocycles. The number of aromatic nitrogens is 1. The van der Waals surface area contributed by atoms with E-state index >= 15 is 0 Å². The highest BCUT2D eigenvalue weighted by Gasteiger charge is 2.31. The molecule has 3 N–H and O–H groups in total. The number of H-pyrrole nitrogens is 1. The molecule has 0 saturated heterocycles. The second-order valence-corrected chi connectivity index (χ2v) is 4.81. The normalized spacial score (nSPS) is 22.1. The topological polar surface area (TPSA) is 88.3 Å². The predicted molar refractivity (Wildman–Crippen MR) is 63.3 cm³/mol. The zero-order valence-electron chi connectivity index (χ0n) is 9.54. The maximum absolute atomic E-state index is 11.9. The first-order valence-corrected chi connectivity index (χ1v) is 5.75. The molecule has 0 spiro atoms. The Balaban J connectivity index is 2.32. The Morgan fingerprint density at radius 1 is 1.35 bits per heavy atom. The van der Waals surface area contributed by atoms with Crippen LogP contribution in [0.15, 0.2) is 9.79 Å². The molecular formula is C12H13N3O2. The molecule has 0 aromatic carbocycles. The Bertz CT molecular complexity index is 613. The van der Waals surface area contributed by atoms with Crippen LogP contribution in [0.4, 0.5) is 0 Å². The minimum atomic E-state index is -0.367. The van der Waals surface area contributed by atoms with E-state index in [2.05, 4.69) is 16.9 Å². The van der Waals surface area contributed by atoms with Gasteiger partial charge in [-0.25, -0.2) is 0 Å². The third-order valence-corrected chi connectivity index (χ3v) is 3.54. The summed E-state index contributed by atoms with van der Waals surface area (Å²) in [5.74, 6) is 0.202. The van der Waals surface area contributed by atoms with E-state index in [0.717, 1.165) is 30.5 Å². The van der Waals surface area contributed by atoms with Crippen molar-refractivity contribution in [1.82, 2.24) is 4.98 Å². The number of nitrogens with two attached hydrogens (primary N) is 1. The number of pyridine rings is 1. The van der Waals surface area contributed by atoms with E-state index < -0.39 is 0 Å². The van der Waals surface area contributed by atoms with Gasteiger partial charge in [0.1, 0.15) is 5.84 Å². The van der Waals surface area contributed by atoms with E-state index in [-0.39, 0.29) is 22.9 Å². The zero-order valence-corrected chi connectivity index (χ0v) is 9.54. The molecule has 0 unspecified atom stereocenters. The summed E-state index contributed by atoms with van der Waals surface area (Å²) in [5.41, 5.74) is 7.84. The number of aromatic amines is 1. The molecule has 88 valence electrons. The summed E-state index contributed by atoms with van der Waals surface area (Å²) in [4.78, 5) is 30.2. The summed E-state index contributed by atoms with van der Waals surface area (Å²) in [6.07, 6.45) is 2.65. The second kappa shape index (κ2) is 3.29. The van der Waals surface area contributed by atoms with Gasteiger partial charge in [-0.3, -0.25) is 9.59 Å². The van der Waals surface area contributed by atoms with Gasteiger partial charge >= 0.3 is 0 Å². The molecule has 17 heavy (non-hydrogen) atoms. The third-order valence-electron chi connectivity index (χ3n) is 3.54. The molecule has 0 fully saturated rings. The Morgan fingerprint density at radius 2 is 2.12 bits per heavy atom. The van der Waals surface area contributed by atoms with Crippen molar-refractivity contribution in [3.63, 3.8) is 0 Å². The lowest BCUT2D eigenvalue weighted by Gasteiger charge is -2.22. The van der Waals surface area contributed by atoms with Crippen LogP contribution in [0.1, 0.15) is 40.5 Å². The zero-order chi connectivity index (χ0) is 12.2. The maximum atomic E-state index is 11.9. The molecule has 0 radical (unpaired) electrons. The summed E-state index contributed by atoms with van der Waals surface area (Å²) in [5, 5.41) is 0. The number of fused-ring (bicyclic) bond motifs is 3. The molecule has 2 aliphatic rings. The van der Waals surface area contributed by atoms with Crippen LogP contribution in [0.2, 0.25) is 0 Å². The van der Waals surface area contributed by atoms with Gasteiger partial charge in [0, 0.05) is 5.69 Å². The fourth-order valence-corrected chi connectivity index (χ4v) is 2.67. The number of rotatable bonds is 0. The van der Waals surface area contributed by atoms with Crippen molar-refractivity contribution in [2.24, 2.45) is 16.6 Å². The van der Waals surface area contributed by atoms with Gasteiger partial charge in [-0.2, -0.15) is 4.99 Å². The van der Waals surface area contributed by atoms with Crippen LogP contribution >= 0.6 is 0 Å². The van der Waals surface area contributed by atoms with E-state index in [0.29, 0.717) is 11.5 Å². The van der Waals surface area contributed by atoms with Crippen LogP contribution in [0.25, 0.3) is 0 Å². The van der Waals surface area contributed by atoms with Crippen LogP contribution in [-0.4, -0.2) is 16.7 Å². The molecule has 1 amide bonds. The lowest BCUT2D eigenvalue weighted by molar-refractivity contribution is 0.100. The first kappa shape index (κ1) is 10.3. The number of carbonyl (C=O) groups excluding carboxylic acids is 1. The van der Waals surface area contributed by atoms with Crippen molar-refractivity contribution in [1.29, 1.82) is 0 Å². The van der Waals surface area contributed by atoms with Crippen LogP contribution in [0, 0.1) is 5.92 Å². The number of hydrogen-bond donors (Lipinski definition) is 2. The van der Waals surface area contributed by atoms with E-state index in [1.54, 1.807) is 0 Å². The quantitative estimate of drug-likeness (QED) is 0.675. The van der Waals surface area contributed by atoms with Gasteiger partial charge in [0.2, 0.25) is 0 Å². The average Bonchev–Trinajstić information content (AvgIpc) is 2.56. The third kappa shape index (κ3) is 1.35. The Morgan fingerprint density at radius 3 is 2.88 bits per heavy atom. The molecule has 5 nitrogen and oxygen atoms in total. The fraction of sp³-hybridized carbons (Fsp3) is 0.417. The van der Waals surface area contributed by atoms with Crippen LogP contribution in [-0.2, 0) is 12.8 Å². The summed E-state index contributed by atoms with van der Waals surface area (Å²) in [6.45, 7) is 2.14. The summed E-state index contributed by atoms with van der Waals surface area (Å²) in [7, 11) is 0. The molecule has 3 rings (SSSR count). The van der Waals surface area contributed by atoms with E-state index in [9.17, 15) is 9.59 Å². The number of nitrogens with one attached hydrogen (secondary N) is 1. The number of aryl methyl sites for hydroxylation is 1. The van der Waals surface area contributed by atoms with Crippen LogP contribution in [0.5, 0.6) is 0 Å². The second-order valence-electron chi connectivity index (χ2n) is 4.81. The van der Waals surface area contributed by atoms with Gasteiger partial charge in [-0.05, 0) is 30.7 Å². The van der Waals surface area contributed by atoms with E-state index in [4.69, 9.17) is 5.73 Å². The molecule has 5 heteroatoms. The van der Waals surface area contributed by atoms with Crippen molar-refractivity contribution < 1.29 is 4.79 Å². The van der Waals surface area contributed by atoms with Crippen molar-refractivity contribution in [3.8, 4) is 0 Å². The first-order valence-electron chi connectivity index (χ1n) is 5.75. The molecule has 0 bridgehead atoms. The van der Waals surface area contributed by atoms with Gasteiger partial charge in [0.05, 0.1) is 11.1 Å². The minimum absolute atomic E-state index is 0.0484. The Hall–Kier alpha value is -1.91. The fourth-order valence-electron chi connectivity index (χ4n) is 2.67. The summed E-state index contributed by atoms with van der Waals surface area (Å²) >= 11 is 0. The molecule has 2 heterocycles. The predicted octanol–water partition coefficient (Wildman–Crippen LogP) is 0.359. The molecular weight excluding hydrogens is 218 g/mol. The van der Waals surface area contributed by atoms with Crippen molar-refractivity contribution in [2.75, 3.05) is 0 Å². The van der Waals surface area contributed by atoms with Crippen molar-refractivity contribution >= 4 is 11.7 Å². The lowest BCUT2D eigenvalue weighted by atomic mass is 9.84. The molecule has 1 aliphatic carbocycles. The van der Waals surface area contributed by atoms with E-state index in [1.807, 2.05) is 0 Å². The Kier molecular flexibility index (Phi) is 1.98. The Labute approximate surface area is 97.8 Å². The van der Waals surface area contributed by atoms with E-state index in [1.165, 1.54) is 0 Å². The molecule has 0 saturated carbocycles. The molecule has 1 aromatic heterocycles. The highest BCUT2D eigenvalue weighted by Crippen LogP contribution is 2.29. The number of aliphatic imine (C=N–C) groups is 1. The molecule has 1 atom stereocenters. The summed E-state index contributed by atoms with van der Waals surface area (Å²) in [6, 6.07) is 0. The monoisotopic (exact) mass is 231 g/mol. The van der Waals surface area contributed by atoms with Gasteiger partial charge in [-0.1, -0.05) is 6.92 Å². The van der Waals surface area contributed by atoms with Gasteiger partial charge < -0.3 is 10.7 Å². The maximum Gasteiger partial charge on any atom is 0.280 e. The smallest absolute Gasteiger partial charge is 0.280 e. The molecule has 1 aromatic rings. The largest absolute Gasteiger partial charge is 0.383 e. The lowest BCUT2D eigenvalue weighted by Crippen LogP contribution is -2.28. The number of hydrogen-bond acceptors (Lipinski definition) is 3. The number of carbonyl (C=O) groups is 1. The highest BCUT2D eigenvalue weighted by molar-refractivity contribution is 6.20. The van der Waals surface area contributed by atoms with Crippen LogP contribution in [0.3, 0.4) is 0 Å². The minimum Gasteiger partial charge on any atom is -0.383 e. The highest BCUT2D eigenvalue weighted by atomic mass is 16.2. The summed E-state index contributed by atoms with van der Waals surface area (Å²) < 4.78 is 0. The van der Waals surface area contributed by atoms with Crippen molar-refractivity contribution in [3.05, 3.63) is 32.7 Å². The van der Waals surface area contributed by atoms with Gasteiger partial charge in [-0.15, -0.1) is 0 Å². The van der Waals surface area contributed by atoms with Crippen LogP contribution < -0.4 is 11.3 Å². The van der Waals surface area contributed by atoms with Gasteiger partial charge in [0.25, 0.3) is 11.5 Å².